The Morgan fingerprint density at radius 1 is 1.26 bits per heavy atom. The van der Waals surface area contributed by atoms with Crippen molar-refractivity contribution < 1.29 is 13.2 Å². The molecule has 1 aromatic rings. The predicted molar refractivity (Wildman–Crippen MR) is 71.4 cm³/mol. The number of carbonyl (C=O) groups excluding carboxylic acids is 1. The third-order valence-corrected chi connectivity index (χ3v) is 2.89. The number of anilines is 1. The first-order valence-electron chi connectivity index (χ1n) is 5.66. The van der Waals surface area contributed by atoms with E-state index in [0.717, 1.165) is 6.26 Å². The van der Waals surface area contributed by atoms with Gasteiger partial charge in [-0.15, -0.1) is 10.2 Å². The maximum atomic E-state index is 11.6. The van der Waals surface area contributed by atoms with Crippen LogP contribution < -0.4 is 15.4 Å². The molecule has 0 atom stereocenters. The normalized spacial score (nSPS) is 11.1. The molecule has 0 radical (unpaired) electrons. The summed E-state index contributed by atoms with van der Waals surface area (Å²) < 4.78 is 23.9. The van der Waals surface area contributed by atoms with E-state index in [-0.39, 0.29) is 18.1 Å². The number of nitrogens with one attached hydrogen (secondary N) is 3. The van der Waals surface area contributed by atoms with E-state index in [9.17, 15) is 13.2 Å². The zero-order valence-corrected chi connectivity index (χ0v) is 11.6. The number of carbonyl (C=O) groups is 1. The average Bonchev–Trinajstić information content (AvgIpc) is 2.37. The Morgan fingerprint density at radius 3 is 2.53 bits per heavy atom. The van der Waals surface area contributed by atoms with E-state index in [0.29, 0.717) is 18.8 Å². The van der Waals surface area contributed by atoms with Gasteiger partial charge in [0.25, 0.3) is 5.91 Å². The summed E-state index contributed by atoms with van der Waals surface area (Å²) in [4.78, 5) is 11.6. The quantitative estimate of drug-likeness (QED) is 0.565. The van der Waals surface area contributed by atoms with Crippen LogP contribution in [0.1, 0.15) is 16.9 Å². The molecule has 0 aliphatic heterocycles. The fourth-order valence-corrected chi connectivity index (χ4v) is 1.74. The van der Waals surface area contributed by atoms with Gasteiger partial charge in [-0.2, -0.15) is 0 Å². The highest BCUT2D eigenvalue weighted by Crippen LogP contribution is 2.00. The number of rotatable bonds is 7. The lowest BCUT2D eigenvalue weighted by Crippen LogP contribution is -2.29. The summed E-state index contributed by atoms with van der Waals surface area (Å²) in [6.45, 7) is 0.639. The maximum Gasteiger partial charge on any atom is 0.271 e. The Balaban J connectivity index is 2.31. The molecule has 0 saturated carbocycles. The van der Waals surface area contributed by atoms with Crippen molar-refractivity contribution in [1.82, 2.24) is 20.2 Å². The first-order chi connectivity index (χ1) is 8.92. The summed E-state index contributed by atoms with van der Waals surface area (Å²) in [5.41, 5.74) is 0.218. The largest absolute Gasteiger partial charge is 0.372 e. The van der Waals surface area contributed by atoms with E-state index in [2.05, 4.69) is 25.6 Å². The van der Waals surface area contributed by atoms with E-state index in [1.165, 1.54) is 0 Å². The Labute approximate surface area is 112 Å². The van der Waals surface area contributed by atoms with E-state index in [1.807, 2.05) is 0 Å². The van der Waals surface area contributed by atoms with Crippen LogP contribution in [0.5, 0.6) is 0 Å². The summed E-state index contributed by atoms with van der Waals surface area (Å²) in [5.74, 6) is 0.239. The van der Waals surface area contributed by atoms with Crippen molar-refractivity contribution in [1.29, 1.82) is 0 Å². The van der Waals surface area contributed by atoms with Gasteiger partial charge < -0.3 is 10.6 Å². The lowest BCUT2D eigenvalue weighted by molar-refractivity contribution is 0.0947. The van der Waals surface area contributed by atoms with Gasteiger partial charge in [-0.25, -0.2) is 13.1 Å². The molecule has 19 heavy (non-hydrogen) atoms. The van der Waals surface area contributed by atoms with Crippen molar-refractivity contribution in [2.45, 2.75) is 6.42 Å². The molecule has 0 aromatic carbocycles. The van der Waals surface area contributed by atoms with Gasteiger partial charge in [0.1, 0.15) is 5.82 Å². The second-order valence-electron chi connectivity index (χ2n) is 3.83. The Bertz CT molecular complexity index is 514. The SMILES string of the molecule is CNc1ccc(C(=O)NCCCNS(C)(=O)=O)nn1. The number of nitrogens with zero attached hydrogens (tertiary/aromatic N) is 2. The molecule has 0 fully saturated rings. The zero-order valence-electron chi connectivity index (χ0n) is 10.8. The minimum Gasteiger partial charge on any atom is -0.372 e. The van der Waals surface area contributed by atoms with Crippen LogP contribution in [0.4, 0.5) is 5.82 Å². The van der Waals surface area contributed by atoms with Gasteiger partial charge in [0.2, 0.25) is 10.0 Å². The second kappa shape index (κ2) is 7.00. The van der Waals surface area contributed by atoms with Crippen LogP contribution in [-0.2, 0) is 10.0 Å². The monoisotopic (exact) mass is 287 g/mol. The van der Waals surface area contributed by atoms with Crippen LogP contribution in [0.15, 0.2) is 12.1 Å². The molecule has 1 aromatic heterocycles. The molecular formula is C10H17N5O3S. The number of amides is 1. The van der Waals surface area contributed by atoms with E-state index < -0.39 is 10.0 Å². The van der Waals surface area contributed by atoms with Gasteiger partial charge in [0.05, 0.1) is 6.26 Å². The first kappa shape index (κ1) is 15.3. The molecule has 0 saturated heterocycles. The second-order valence-corrected chi connectivity index (χ2v) is 5.66. The zero-order chi connectivity index (χ0) is 14.3. The van der Waals surface area contributed by atoms with Crippen molar-refractivity contribution >= 4 is 21.7 Å². The highest BCUT2D eigenvalue weighted by molar-refractivity contribution is 7.88. The third kappa shape index (κ3) is 6.11. The number of sulfonamides is 1. The predicted octanol–water partition coefficient (Wildman–Crippen LogP) is -0.813. The van der Waals surface area contributed by atoms with Crippen LogP contribution in [0.2, 0.25) is 0 Å². The minimum atomic E-state index is -3.18. The fraction of sp³-hybridized carbons (Fsp3) is 0.500. The number of aromatic nitrogens is 2. The minimum absolute atomic E-state index is 0.218. The lowest BCUT2D eigenvalue weighted by Gasteiger charge is -2.05. The molecule has 1 amide bonds. The van der Waals surface area contributed by atoms with Crippen LogP contribution in [0.3, 0.4) is 0 Å². The van der Waals surface area contributed by atoms with Crippen molar-refractivity contribution in [3.05, 3.63) is 17.8 Å². The van der Waals surface area contributed by atoms with Gasteiger partial charge in [-0.1, -0.05) is 0 Å². The standard InChI is InChI=1S/C10H17N5O3S/c1-11-9-5-4-8(14-15-9)10(16)12-6-3-7-13-19(2,17)18/h4-5,13H,3,6-7H2,1-2H3,(H,11,15)(H,12,16). The summed E-state index contributed by atoms with van der Waals surface area (Å²) in [7, 11) is -1.47. The van der Waals surface area contributed by atoms with Crippen LogP contribution in [-0.4, -0.2) is 50.9 Å². The van der Waals surface area contributed by atoms with Crippen LogP contribution in [0, 0.1) is 0 Å². The van der Waals surface area contributed by atoms with Crippen molar-refractivity contribution in [3.8, 4) is 0 Å². The molecule has 0 aliphatic carbocycles. The van der Waals surface area contributed by atoms with Crippen LogP contribution in [0.25, 0.3) is 0 Å². The highest BCUT2D eigenvalue weighted by atomic mass is 32.2. The molecule has 106 valence electrons. The van der Waals surface area contributed by atoms with E-state index in [1.54, 1.807) is 19.2 Å². The Hall–Kier alpha value is -1.74. The summed E-state index contributed by atoms with van der Waals surface area (Å²) in [5, 5.41) is 13.0. The van der Waals surface area contributed by atoms with Crippen molar-refractivity contribution in [2.24, 2.45) is 0 Å². The molecule has 1 heterocycles. The molecule has 0 spiro atoms. The third-order valence-electron chi connectivity index (χ3n) is 2.16. The van der Waals surface area contributed by atoms with Gasteiger partial charge in [0.15, 0.2) is 5.69 Å². The highest BCUT2D eigenvalue weighted by Gasteiger charge is 2.07. The van der Waals surface area contributed by atoms with Crippen LogP contribution >= 0.6 is 0 Å². The van der Waals surface area contributed by atoms with Crippen molar-refractivity contribution in [2.75, 3.05) is 31.7 Å². The molecule has 8 nitrogen and oxygen atoms in total. The molecule has 9 heteroatoms. The van der Waals surface area contributed by atoms with Crippen molar-refractivity contribution in [3.63, 3.8) is 0 Å². The number of hydrogen-bond acceptors (Lipinski definition) is 6. The van der Waals surface area contributed by atoms with E-state index in [4.69, 9.17) is 0 Å². The molecule has 1 rings (SSSR count). The summed E-state index contributed by atoms with van der Waals surface area (Å²) in [6, 6.07) is 3.20. The summed E-state index contributed by atoms with van der Waals surface area (Å²) in [6.07, 6.45) is 1.59. The summed E-state index contributed by atoms with van der Waals surface area (Å²) >= 11 is 0. The molecule has 0 bridgehead atoms. The van der Waals surface area contributed by atoms with Gasteiger partial charge >= 0.3 is 0 Å². The lowest BCUT2D eigenvalue weighted by atomic mass is 10.3. The Morgan fingerprint density at radius 2 is 2.00 bits per heavy atom. The smallest absolute Gasteiger partial charge is 0.271 e. The maximum absolute atomic E-state index is 11.6. The number of hydrogen-bond donors (Lipinski definition) is 3. The van der Waals surface area contributed by atoms with Gasteiger partial charge in [0, 0.05) is 20.1 Å². The van der Waals surface area contributed by atoms with Gasteiger partial charge in [-0.05, 0) is 18.6 Å². The first-order valence-corrected chi connectivity index (χ1v) is 7.56. The molecular weight excluding hydrogens is 270 g/mol. The average molecular weight is 287 g/mol. The molecule has 3 N–H and O–H groups in total. The molecule has 0 unspecified atom stereocenters. The van der Waals surface area contributed by atoms with E-state index >= 15 is 0 Å². The molecule has 0 aliphatic rings. The fourth-order valence-electron chi connectivity index (χ4n) is 1.23. The Kier molecular flexibility index (Phi) is 5.64. The van der Waals surface area contributed by atoms with Gasteiger partial charge in [-0.3, -0.25) is 4.79 Å². The topological polar surface area (TPSA) is 113 Å².